The Kier molecular flexibility index (Phi) is 4.60. The Morgan fingerprint density at radius 1 is 1.36 bits per heavy atom. The van der Waals surface area contributed by atoms with Gasteiger partial charge in [-0.15, -0.1) is 11.3 Å². The maximum Gasteiger partial charge on any atom is 0.308 e. The molecule has 2 unspecified atom stereocenters. The summed E-state index contributed by atoms with van der Waals surface area (Å²) in [6.07, 6.45) is 3.38. The molecule has 0 aliphatic carbocycles. The molecule has 25 heavy (non-hydrogen) atoms. The predicted octanol–water partition coefficient (Wildman–Crippen LogP) is 3.78. The fourth-order valence-corrected chi connectivity index (χ4v) is 4.20. The van der Waals surface area contributed by atoms with Crippen LogP contribution in [0.5, 0.6) is 11.5 Å². The Labute approximate surface area is 152 Å². The number of rotatable bonds is 3. The van der Waals surface area contributed by atoms with Crippen molar-refractivity contribution in [2.45, 2.75) is 59.1 Å². The smallest absolute Gasteiger partial charge is 0.308 e. The van der Waals surface area contributed by atoms with E-state index in [1.807, 2.05) is 33.1 Å². The highest BCUT2D eigenvalue weighted by Gasteiger charge is 2.41. The standard InChI is InChI=1S/C19H24N2O3S/c1-10-11(2)16-14(12(3)15(10)23-13(4)22)6-7-19(5,24-16)17(20)18-21-8-9-25-18/h8-9,17H,6-7,20H2,1-5H3. The van der Waals surface area contributed by atoms with Gasteiger partial charge in [0.05, 0.1) is 6.04 Å². The van der Waals surface area contributed by atoms with Crippen molar-refractivity contribution in [2.75, 3.05) is 0 Å². The number of thiazole rings is 1. The molecular weight excluding hydrogens is 336 g/mol. The van der Waals surface area contributed by atoms with E-state index in [1.54, 1.807) is 17.5 Å². The molecule has 0 saturated carbocycles. The van der Waals surface area contributed by atoms with Crippen LogP contribution < -0.4 is 15.2 Å². The summed E-state index contributed by atoms with van der Waals surface area (Å²) in [7, 11) is 0. The van der Waals surface area contributed by atoms with Crippen LogP contribution >= 0.6 is 11.3 Å². The number of benzene rings is 1. The van der Waals surface area contributed by atoms with Gasteiger partial charge in [-0.05, 0) is 57.2 Å². The Balaban J connectivity index is 2.03. The Bertz CT molecular complexity index is 817. The molecule has 2 atom stereocenters. The van der Waals surface area contributed by atoms with Gasteiger partial charge in [-0.25, -0.2) is 4.98 Å². The third kappa shape index (κ3) is 3.04. The lowest BCUT2D eigenvalue weighted by Crippen LogP contribution is -2.46. The average Bonchev–Trinajstić information content (AvgIpc) is 3.10. The van der Waals surface area contributed by atoms with Crippen LogP contribution in [-0.2, 0) is 11.2 Å². The zero-order valence-electron chi connectivity index (χ0n) is 15.3. The number of nitrogens with two attached hydrogens (primary N) is 1. The summed E-state index contributed by atoms with van der Waals surface area (Å²) in [6, 6.07) is -0.284. The van der Waals surface area contributed by atoms with Crippen LogP contribution in [0.25, 0.3) is 0 Å². The Morgan fingerprint density at radius 3 is 2.68 bits per heavy atom. The molecule has 2 heterocycles. The largest absolute Gasteiger partial charge is 0.485 e. The van der Waals surface area contributed by atoms with Crippen LogP contribution in [0.4, 0.5) is 0 Å². The van der Waals surface area contributed by atoms with Crippen LogP contribution in [0.1, 0.15) is 53.6 Å². The van der Waals surface area contributed by atoms with Crippen molar-refractivity contribution in [3.63, 3.8) is 0 Å². The second-order valence-electron chi connectivity index (χ2n) is 6.87. The Hall–Kier alpha value is -1.92. The molecule has 134 valence electrons. The van der Waals surface area contributed by atoms with Crippen molar-refractivity contribution in [1.82, 2.24) is 4.98 Å². The SMILES string of the molecule is CC(=O)Oc1c(C)c(C)c2c(c1C)CCC(C)(C(N)c1nccs1)O2. The van der Waals surface area contributed by atoms with E-state index in [4.69, 9.17) is 15.2 Å². The van der Waals surface area contributed by atoms with Crippen molar-refractivity contribution in [3.05, 3.63) is 38.8 Å². The van der Waals surface area contributed by atoms with Crippen molar-refractivity contribution in [1.29, 1.82) is 0 Å². The summed E-state index contributed by atoms with van der Waals surface area (Å²) >= 11 is 1.55. The fourth-order valence-electron chi connectivity index (χ4n) is 3.42. The monoisotopic (exact) mass is 360 g/mol. The molecule has 1 aliphatic heterocycles. The predicted molar refractivity (Wildman–Crippen MR) is 98.4 cm³/mol. The summed E-state index contributed by atoms with van der Waals surface area (Å²) in [4.78, 5) is 15.8. The molecular formula is C19H24N2O3S. The molecule has 2 N–H and O–H groups in total. The van der Waals surface area contributed by atoms with Gasteiger partial charge in [0.1, 0.15) is 22.1 Å². The molecule has 2 aromatic rings. The van der Waals surface area contributed by atoms with E-state index < -0.39 is 5.60 Å². The Morgan fingerprint density at radius 2 is 2.08 bits per heavy atom. The maximum atomic E-state index is 11.4. The number of hydrogen-bond donors (Lipinski definition) is 1. The van der Waals surface area contributed by atoms with E-state index in [2.05, 4.69) is 4.98 Å². The zero-order valence-corrected chi connectivity index (χ0v) is 16.1. The quantitative estimate of drug-likeness (QED) is 0.666. The lowest BCUT2D eigenvalue weighted by atomic mass is 9.83. The molecule has 0 radical (unpaired) electrons. The number of carbonyl (C=O) groups excluding carboxylic acids is 1. The highest BCUT2D eigenvalue weighted by atomic mass is 32.1. The summed E-state index contributed by atoms with van der Waals surface area (Å²) in [5.41, 5.74) is 9.96. The van der Waals surface area contributed by atoms with Crippen LogP contribution in [0.3, 0.4) is 0 Å². The summed E-state index contributed by atoms with van der Waals surface area (Å²) in [6.45, 7) is 9.41. The van der Waals surface area contributed by atoms with E-state index in [0.717, 1.165) is 45.9 Å². The third-order valence-corrected chi connectivity index (χ3v) is 6.00. The number of carbonyl (C=O) groups is 1. The molecule has 1 aromatic heterocycles. The lowest BCUT2D eigenvalue weighted by Gasteiger charge is -2.41. The van der Waals surface area contributed by atoms with E-state index >= 15 is 0 Å². The minimum absolute atomic E-state index is 0.284. The van der Waals surface area contributed by atoms with Gasteiger partial charge in [-0.2, -0.15) is 0 Å². The normalized spacial score (nSPS) is 20.6. The van der Waals surface area contributed by atoms with Crippen molar-refractivity contribution < 1.29 is 14.3 Å². The number of esters is 1. The second-order valence-corrected chi connectivity index (χ2v) is 7.79. The summed E-state index contributed by atoms with van der Waals surface area (Å²) < 4.78 is 11.9. The van der Waals surface area contributed by atoms with E-state index in [-0.39, 0.29) is 12.0 Å². The van der Waals surface area contributed by atoms with E-state index in [1.165, 1.54) is 6.92 Å². The first-order valence-corrected chi connectivity index (χ1v) is 9.27. The maximum absolute atomic E-state index is 11.4. The summed E-state index contributed by atoms with van der Waals surface area (Å²) in [5.74, 6) is 1.21. The van der Waals surface area contributed by atoms with E-state index in [0.29, 0.717) is 5.75 Å². The number of aromatic nitrogens is 1. The fraction of sp³-hybridized carbons (Fsp3) is 0.474. The van der Waals surface area contributed by atoms with Gasteiger partial charge >= 0.3 is 5.97 Å². The average molecular weight is 360 g/mol. The molecule has 5 nitrogen and oxygen atoms in total. The number of hydrogen-bond acceptors (Lipinski definition) is 6. The molecule has 6 heteroatoms. The van der Waals surface area contributed by atoms with Crippen LogP contribution in [0.2, 0.25) is 0 Å². The first-order valence-electron chi connectivity index (χ1n) is 8.39. The lowest BCUT2D eigenvalue weighted by molar-refractivity contribution is -0.132. The van der Waals surface area contributed by atoms with Gasteiger partial charge in [0, 0.05) is 24.1 Å². The number of fused-ring (bicyclic) bond motifs is 1. The van der Waals surface area contributed by atoms with Crippen molar-refractivity contribution >= 4 is 17.3 Å². The first kappa shape index (κ1) is 17.9. The van der Waals surface area contributed by atoms with Gasteiger partial charge in [-0.1, -0.05) is 0 Å². The zero-order chi connectivity index (χ0) is 18.4. The molecule has 0 amide bonds. The van der Waals surface area contributed by atoms with Crippen LogP contribution in [0.15, 0.2) is 11.6 Å². The van der Waals surface area contributed by atoms with Crippen LogP contribution in [-0.4, -0.2) is 16.6 Å². The highest BCUT2D eigenvalue weighted by molar-refractivity contribution is 7.09. The van der Waals surface area contributed by atoms with Crippen molar-refractivity contribution in [2.24, 2.45) is 5.73 Å². The molecule has 0 fully saturated rings. The topological polar surface area (TPSA) is 74.4 Å². The van der Waals surface area contributed by atoms with Gasteiger partial charge in [0.2, 0.25) is 0 Å². The number of nitrogens with zero attached hydrogens (tertiary/aromatic N) is 1. The highest BCUT2D eigenvalue weighted by Crippen LogP contribution is 2.46. The second kappa shape index (κ2) is 6.42. The third-order valence-electron chi connectivity index (χ3n) is 5.14. The molecule has 1 aliphatic rings. The number of ether oxygens (including phenoxy) is 2. The summed E-state index contributed by atoms with van der Waals surface area (Å²) in [5, 5.41) is 2.81. The van der Waals surface area contributed by atoms with Gasteiger partial charge in [0.25, 0.3) is 0 Å². The minimum Gasteiger partial charge on any atom is -0.485 e. The van der Waals surface area contributed by atoms with Crippen LogP contribution in [0, 0.1) is 20.8 Å². The molecule has 0 spiro atoms. The molecule has 3 rings (SSSR count). The molecule has 1 aromatic carbocycles. The first-order chi connectivity index (χ1) is 11.7. The van der Waals surface area contributed by atoms with E-state index in [9.17, 15) is 4.79 Å². The minimum atomic E-state index is -0.516. The van der Waals surface area contributed by atoms with Crippen molar-refractivity contribution in [3.8, 4) is 11.5 Å². The molecule has 0 saturated heterocycles. The van der Waals surface area contributed by atoms with Gasteiger partial charge < -0.3 is 15.2 Å². The van der Waals surface area contributed by atoms with Gasteiger partial charge in [-0.3, -0.25) is 4.79 Å². The van der Waals surface area contributed by atoms with Gasteiger partial charge in [0.15, 0.2) is 0 Å². The molecule has 0 bridgehead atoms.